The minimum absolute atomic E-state index is 0.407. The first-order valence-electron chi connectivity index (χ1n) is 10.6. The van der Waals surface area contributed by atoms with Gasteiger partial charge in [-0.25, -0.2) is 0 Å². The Morgan fingerprint density at radius 3 is 2.52 bits per heavy atom. The van der Waals surface area contributed by atoms with Crippen LogP contribution in [0.3, 0.4) is 0 Å². The van der Waals surface area contributed by atoms with Gasteiger partial charge in [-0.15, -0.1) is 0 Å². The maximum absolute atomic E-state index is 10.1. The van der Waals surface area contributed by atoms with Gasteiger partial charge < -0.3 is 10.0 Å². The van der Waals surface area contributed by atoms with Crippen LogP contribution < -0.4 is 9.47 Å². The molecule has 0 amide bonds. The molecular weight excluding hydrogens is 400 g/mol. The number of anilines is 1. The number of aromatic nitrogens is 1. The lowest BCUT2D eigenvalue weighted by molar-refractivity contribution is -0.662. The van der Waals surface area contributed by atoms with Gasteiger partial charge in [-0.3, -0.25) is 0 Å². The molecule has 3 aromatic carbocycles. The van der Waals surface area contributed by atoms with Gasteiger partial charge in [0.25, 0.3) is 0 Å². The first-order chi connectivity index (χ1) is 15.2. The Morgan fingerprint density at radius 2 is 1.68 bits per heavy atom. The number of para-hydroxylation sites is 2. The zero-order valence-electron chi connectivity index (χ0n) is 17.5. The van der Waals surface area contributed by atoms with E-state index in [-0.39, 0.29) is 0 Å². The second-order valence-electron chi connectivity index (χ2n) is 7.91. The normalized spacial score (nSPS) is 15.4. The third kappa shape index (κ3) is 4.09. The van der Waals surface area contributed by atoms with Crippen LogP contribution in [-0.2, 0) is 6.54 Å². The molecule has 1 aliphatic heterocycles. The monoisotopic (exact) mass is 425 g/mol. The lowest BCUT2D eigenvalue weighted by atomic mass is 10.1. The van der Waals surface area contributed by atoms with E-state index in [1.807, 2.05) is 6.92 Å². The topological polar surface area (TPSA) is 27.3 Å². The number of pyridine rings is 1. The molecule has 1 unspecified atom stereocenters. The van der Waals surface area contributed by atoms with Crippen LogP contribution >= 0.6 is 11.8 Å². The summed E-state index contributed by atoms with van der Waals surface area (Å²) in [5.41, 5.74) is 4.85. The van der Waals surface area contributed by atoms with Gasteiger partial charge in [0.15, 0.2) is 12.7 Å². The molecule has 4 aromatic rings. The number of hydrogen-bond donors (Lipinski definition) is 1. The molecule has 0 radical (unpaired) electrons. The van der Waals surface area contributed by atoms with E-state index in [1.165, 1.54) is 32.6 Å². The highest BCUT2D eigenvalue weighted by molar-refractivity contribution is 8.03. The average Bonchev–Trinajstić information content (AvgIpc) is 3.13. The van der Waals surface area contributed by atoms with Crippen LogP contribution in [0.25, 0.3) is 17.0 Å². The molecule has 0 spiro atoms. The Labute approximate surface area is 187 Å². The van der Waals surface area contributed by atoms with Crippen molar-refractivity contribution >= 4 is 34.4 Å². The van der Waals surface area contributed by atoms with E-state index in [0.717, 1.165) is 11.6 Å². The fraction of sp³-hybridized carbons (Fsp3) is 0.148. The van der Waals surface area contributed by atoms with E-state index in [2.05, 4.69) is 107 Å². The second-order valence-corrected chi connectivity index (χ2v) is 8.98. The zero-order valence-corrected chi connectivity index (χ0v) is 18.3. The Kier molecular flexibility index (Phi) is 5.49. The van der Waals surface area contributed by atoms with Gasteiger partial charge in [0.1, 0.15) is 0 Å². The lowest BCUT2D eigenvalue weighted by Crippen LogP contribution is -2.34. The zero-order chi connectivity index (χ0) is 21.2. The molecule has 3 nitrogen and oxygen atoms in total. The first kappa shape index (κ1) is 19.9. The summed E-state index contributed by atoms with van der Waals surface area (Å²) in [4.78, 5) is 3.46. The van der Waals surface area contributed by atoms with Crippen molar-refractivity contribution in [1.82, 2.24) is 0 Å². The maximum Gasteiger partial charge on any atom is 0.213 e. The molecule has 0 aliphatic carbocycles. The average molecular weight is 426 g/mol. The van der Waals surface area contributed by atoms with Crippen LogP contribution in [0.4, 0.5) is 5.69 Å². The number of nitrogens with zero attached hydrogens (tertiary/aromatic N) is 2. The smallest absolute Gasteiger partial charge is 0.213 e. The predicted molar refractivity (Wildman–Crippen MR) is 129 cm³/mol. The van der Waals surface area contributed by atoms with Crippen LogP contribution in [0, 0.1) is 0 Å². The van der Waals surface area contributed by atoms with Crippen molar-refractivity contribution in [2.24, 2.45) is 0 Å². The fourth-order valence-electron chi connectivity index (χ4n) is 4.10. The Morgan fingerprint density at radius 1 is 0.935 bits per heavy atom. The molecule has 4 heteroatoms. The number of benzene rings is 3. The maximum atomic E-state index is 10.1. The van der Waals surface area contributed by atoms with Crippen LogP contribution in [-0.4, -0.2) is 17.8 Å². The van der Waals surface area contributed by atoms with Crippen molar-refractivity contribution in [2.45, 2.75) is 24.5 Å². The van der Waals surface area contributed by atoms with Crippen molar-refractivity contribution in [3.63, 3.8) is 0 Å². The summed E-state index contributed by atoms with van der Waals surface area (Å²) in [6, 6.07) is 29.7. The first-order valence-corrected chi connectivity index (χ1v) is 11.4. The van der Waals surface area contributed by atoms with Gasteiger partial charge in [-0.05, 0) is 36.8 Å². The molecule has 1 atom stereocenters. The largest absolute Gasteiger partial charge is 0.392 e. The van der Waals surface area contributed by atoms with E-state index >= 15 is 0 Å². The van der Waals surface area contributed by atoms with Crippen molar-refractivity contribution in [3.8, 4) is 0 Å². The lowest BCUT2D eigenvalue weighted by Gasteiger charge is -2.22. The molecule has 0 saturated carbocycles. The number of fused-ring (bicyclic) bond motifs is 2. The van der Waals surface area contributed by atoms with E-state index in [0.29, 0.717) is 6.54 Å². The molecule has 154 valence electrons. The van der Waals surface area contributed by atoms with Gasteiger partial charge in [0.05, 0.1) is 22.2 Å². The van der Waals surface area contributed by atoms with Gasteiger partial charge in [0.2, 0.25) is 5.52 Å². The number of hydrogen-bond acceptors (Lipinski definition) is 3. The third-order valence-corrected chi connectivity index (χ3v) is 6.63. The third-order valence-electron chi connectivity index (χ3n) is 5.52. The quantitative estimate of drug-likeness (QED) is 0.430. The highest BCUT2D eigenvalue weighted by Gasteiger charge is 2.26. The number of rotatable bonds is 5. The summed E-state index contributed by atoms with van der Waals surface area (Å²) < 4.78 is 2.30. The number of β-amino-alcohol motifs (C(OH)–C–C–N with tert-alkyl or cyclic N) is 1. The number of aliphatic hydroxyl groups is 1. The summed E-state index contributed by atoms with van der Waals surface area (Å²) in [5.74, 6) is 0. The number of thioether (sulfide) groups is 1. The predicted octanol–water partition coefficient (Wildman–Crippen LogP) is 5.47. The summed E-state index contributed by atoms with van der Waals surface area (Å²) in [6.07, 6.45) is 4.02. The second kappa shape index (κ2) is 8.58. The van der Waals surface area contributed by atoms with Crippen LogP contribution in [0.1, 0.15) is 18.1 Å². The molecule has 1 aliphatic rings. The van der Waals surface area contributed by atoms with Gasteiger partial charge >= 0.3 is 0 Å². The molecule has 1 aromatic heterocycles. The Balaban J connectivity index is 1.56. The molecule has 1 N–H and O–H groups in total. The molecule has 0 fully saturated rings. The fourth-order valence-corrected chi connectivity index (χ4v) is 5.22. The van der Waals surface area contributed by atoms with Gasteiger partial charge in [-0.2, -0.15) is 4.57 Å². The van der Waals surface area contributed by atoms with Crippen molar-refractivity contribution < 1.29 is 9.67 Å². The summed E-state index contributed by atoms with van der Waals surface area (Å²) in [6.45, 7) is 3.26. The Hall–Kier alpha value is -3.08. The van der Waals surface area contributed by atoms with Gasteiger partial charge in [-0.1, -0.05) is 66.4 Å². The van der Waals surface area contributed by atoms with E-state index in [9.17, 15) is 5.11 Å². The van der Waals surface area contributed by atoms with Crippen LogP contribution in [0.5, 0.6) is 0 Å². The molecule has 0 bridgehead atoms. The Bertz CT molecular complexity index is 1250. The molecule has 0 saturated heterocycles. The molecular formula is C27H25N2OS+. The molecule has 2 heterocycles. The minimum atomic E-state index is -0.407. The minimum Gasteiger partial charge on any atom is -0.392 e. The SMILES string of the molecule is CC(O)CN1/C(=C/c2cc[n+](Cc3ccccc3)c3ccccc23)Sc2ccccc21. The van der Waals surface area contributed by atoms with Crippen LogP contribution in [0.2, 0.25) is 0 Å². The summed E-state index contributed by atoms with van der Waals surface area (Å²) >= 11 is 1.77. The number of aliphatic hydroxyl groups excluding tert-OH is 1. The highest BCUT2D eigenvalue weighted by Crippen LogP contribution is 2.46. The summed E-state index contributed by atoms with van der Waals surface area (Å²) in [5, 5.41) is 12.5. The van der Waals surface area contributed by atoms with Crippen molar-refractivity contribution in [2.75, 3.05) is 11.4 Å². The van der Waals surface area contributed by atoms with Crippen molar-refractivity contribution in [3.05, 3.63) is 107 Å². The molecule has 31 heavy (non-hydrogen) atoms. The van der Waals surface area contributed by atoms with E-state index in [1.54, 1.807) is 11.8 Å². The van der Waals surface area contributed by atoms with Gasteiger partial charge in [0, 0.05) is 29.1 Å². The van der Waals surface area contributed by atoms with E-state index in [4.69, 9.17) is 0 Å². The van der Waals surface area contributed by atoms with Crippen molar-refractivity contribution in [1.29, 1.82) is 0 Å². The highest BCUT2D eigenvalue weighted by atomic mass is 32.2. The van der Waals surface area contributed by atoms with E-state index < -0.39 is 6.10 Å². The van der Waals surface area contributed by atoms with Crippen LogP contribution in [0.15, 0.2) is 101 Å². The standard InChI is InChI=1S/C27H25N2OS/c1-20(30)18-29-25-13-7-8-14-26(25)31-27(29)17-22-15-16-28(19-21-9-3-2-4-10-21)24-12-6-5-11-23(22)24/h2-17,20,30H,18-19H2,1H3/q+1. The molecule has 5 rings (SSSR count). The summed E-state index contributed by atoms with van der Waals surface area (Å²) in [7, 11) is 0.